The first-order chi connectivity index (χ1) is 7.10. The first-order valence-electron chi connectivity index (χ1n) is 4.40. The molecule has 0 saturated heterocycles. The molecular formula is C11H12O4. The van der Waals surface area contributed by atoms with Crippen molar-refractivity contribution in [1.29, 1.82) is 0 Å². The zero-order valence-electron chi connectivity index (χ0n) is 8.10. The molecule has 1 aromatic carbocycles. The number of aromatic carboxylic acids is 1. The molecule has 3 N–H and O–H groups in total. The van der Waals surface area contributed by atoms with E-state index < -0.39 is 12.6 Å². The topological polar surface area (TPSA) is 77.8 Å². The lowest BCUT2D eigenvalue weighted by molar-refractivity contribution is 0.0693. The summed E-state index contributed by atoms with van der Waals surface area (Å²) < 4.78 is 0. The van der Waals surface area contributed by atoms with Crippen molar-refractivity contribution in [2.75, 3.05) is 0 Å². The Morgan fingerprint density at radius 1 is 1.47 bits per heavy atom. The highest BCUT2D eigenvalue weighted by Gasteiger charge is 2.14. The summed E-state index contributed by atoms with van der Waals surface area (Å²) in [5, 5.41) is 27.2. The molecule has 0 aliphatic rings. The second kappa shape index (κ2) is 4.61. The number of benzene rings is 1. The molecule has 0 bridgehead atoms. The van der Waals surface area contributed by atoms with Crippen molar-refractivity contribution < 1.29 is 20.1 Å². The van der Waals surface area contributed by atoms with Crippen LogP contribution in [0.3, 0.4) is 0 Å². The standard InChI is InChI=1S/C11H12O4/c1-2-3-7-4-8(6-12)10(13)9(5-7)11(14)15/h2,4-5,12-13H,1,3,6H2,(H,14,15). The van der Waals surface area contributed by atoms with Crippen LogP contribution in [0.15, 0.2) is 24.8 Å². The monoisotopic (exact) mass is 208 g/mol. The zero-order valence-corrected chi connectivity index (χ0v) is 8.10. The number of aliphatic hydroxyl groups excluding tert-OH is 1. The van der Waals surface area contributed by atoms with E-state index in [1.807, 2.05) is 0 Å². The molecule has 4 heteroatoms. The fraction of sp³-hybridized carbons (Fsp3) is 0.182. The Hall–Kier alpha value is -1.81. The third-order valence-electron chi connectivity index (χ3n) is 2.03. The van der Waals surface area contributed by atoms with E-state index in [1.165, 1.54) is 6.07 Å². The maximum Gasteiger partial charge on any atom is 0.339 e. The van der Waals surface area contributed by atoms with Crippen LogP contribution in [0.5, 0.6) is 5.75 Å². The molecule has 4 nitrogen and oxygen atoms in total. The van der Waals surface area contributed by atoms with E-state index in [1.54, 1.807) is 12.1 Å². The first kappa shape index (κ1) is 11.3. The lowest BCUT2D eigenvalue weighted by Crippen LogP contribution is -2.01. The number of allylic oxidation sites excluding steroid dienone is 1. The average Bonchev–Trinajstić information content (AvgIpc) is 2.20. The van der Waals surface area contributed by atoms with Crippen molar-refractivity contribution in [2.45, 2.75) is 13.0 Å². The number of rotatable bonds is 4. The summed E-state index contributed by atoms with van der Waals surface area (Å²) in [5.74, 6) is -1.59. The van der Waals surface area contributed by atoms with Crippen LogP contribution in [0, 0.1) is 0 Å². The average molecular weight is 208 g/mol. The lowest BCUT2D eigenvalue weighted by atomic mass is 10.0. The van der Waals surface area contributed by atoms with Crippen molar-refractivity contribution in [2.24, 2.45) is 0 Å². The Morgan fingerprint density at radius 3 is 2.60 bits per heavy atom. The molecule has 0 atom stereocenters. The van der Waals surface area contributed by atoms with E-state index in [-0.39, 0.29) is 16.9 Å². The van der Waals surface area contributed by atoms with Crippen LogP contribution >= 0.6 is 0 Å². The Morgan fingerprint density at radius 2 is 2.13 bits per heavy atom. The van der Waals surface area contributed by atoms with E-state index in [0.29, 0.717) is 12.0 Å². The molecule has 0 aliphatic carbocycles. The maximum atomic E-state index is 10.8. The fourth-order valence-electron chi connectivity index (χ4n) is 1.33. The van der Waals surface area contributed by atoms with Crippen molar-refractivity contribution in [3.63, 3.8) is 0 Å². The van der Waals surface area contributed by atoms with Gasteiger partial charge in [0.2, 0.25) is 0 Å². The maximum absolute atomic E-state index is 10.8. The van der Waals surface area contributed by atoms with Crippen molar-refractivity contribution in [1.82, 2.24) is 0 Å². The minimum atomic E-state index is -1.21. The summed E-state index contributed by atoms with van der Waals surface area (Å²) in [6, 6.07) is 2.93. The number of hydrogen-bond acceptors (Lipinski definition) is 3. The third-order valence-corrected chi connectivity index (χ3v) is 2.03. The molecule has 0 unspecified atom stereocenters. The molecule has 0 fully saturated rings. The van der Waals surface area contributed by atoms with Crippen LogP contribution in [-0.2, 0) is 13.0 Å². The normalized spacial score (nSPS) is 9.93. The summed E-state index contributed by atoms with van der Waals surface area (Å²) in [6.07, 6.45) is 2.12. The van der Waals surface area contributed by atoms with Crippen molar-refractivity contribution in [3.05, 3.63) is 41.5 Å². The van der Waals surface area contributed by atoms with Gasteiger partial charge in [-0.3, -0.25) is 0 Å². The van der Waals surface area contributed by atoms with Gasteiger partial charge in [-0.05, 0) is 24.1 Å². The minimum Gasteiger partial charge on any atom is -0.507 e. The number of aliphatic hydroxyl groups is 1. The van der Waals surface area contributed by atoms with Gasteiger partial charge >= 0.3 is 5.97 Å². The van der Waals surface area contributed by atoms with Gasteiger partial charge in [0.15, 0.2) is 0 Å². The van der Waals surface area contributed by atoms with Gasteiger partial charge in [-0.2, -0.15) is 0 Å². The molecule has 0 saturated carbocycles. The Labute approximate surface area is 87.1 Å². The molecule has 15 heavy (non-hydrogen) atoms. The first-order valence-corrected chi connectivity index (χ1v) is 4.40. The Kier molecular flexibility index (Phi) is 3.46. The molecule has 0 radical (unpaired) electrons. The van der Waals surface area contributed by atoms with E-state index in [9.17, 15) is 9.90 Å². The van der Waals surface area contributed by atoms with Crippen LogP contribution < -0.4 is 0 Å². The predicted molar refractivity (Wildman–Crippen MR) is 54.9 cm³/mol. The van der Waals surface area contributed by atoms with Gasteiger partial charge in [0.25, 0.3) is 0 Å². The van der Waals surface area contributed by atoms with Crippen LogP contribution in [0.2, 0.25) is 0 Å². The van der Waals surface area contributed by atoms with Gasteiger partial charge < -0.3 is 15.3 Å². The second-order valence-electron chi connectivity index (χ2n) is 3.11. The molecule has 0 aliphatic heterocycles. The van der Waals surface area contributed by atoms with Crippen LogP contribution in [0.4, 0.5) is 0 Å². The molecule has 0 heterocycles. The van der Waals surface area contributed by atoms with E-state index in [4.69, 9.17) is 10.2 Å². The highest BCUT2D eigenvalue weighted by atomic mass is 16.4. The largest absolute Gasteiger partial charge is 0.507 e. The summed E-state index contributed by atoms with van der Waals surface area (Å²) in [7, 11) is 0. The van der Waals surface area contributed by atoms with Gasteiger partial charge in [0, 0.05) is 5.56 Å². The van der Waals surface area contributed by atoms with Gasteiger partial charge in [-0.25, -0.2) is 4.79 Å². The Balaban J connectivity index is 3.31. The highest BCUT2D eigenvalue weighted by molar-refractivity contribution is 5.91. The highest BCUT2D eigenvalue weighted by Crippen LogP contribution is 2.25. The summed E-state index contributed by atoms with van der Waals surface area (Å²) >= 11 is 0. The molecule has 0 aromatic heterocycles. The fourth-order valence-corrected chi connectivity index (χ4v) is 1.33. The minimum absolute atomic E-state index is 0.196. The lowest BCUT2D eigenvalue weighted by Gasteiger charge is -2.07. The third kappa shape index (κ3) is 2.35. The van der Waals surface area contributed by atoms with Gasteiger partial charge in [-0.15, -0.1) is 6.58 Å². The molecular weight excluding hydrogens is 196 g/mol. The quantitative estimate of drug-likeness (QED) is 0.652. The number of carboxylic acid groups (broad SMARTS) is 1. The summed E-state index contributed by atoms with van der Waals surface area (Å²) in [6.45, 7) is 3.14. The van der Waals surface area contributed by atoms with E-state index in [0.717, 1.165) is 0 Å². The van der Waals surface area contributed by atoms with Gasteiger partial charge in [-0.1, -0.05) is 6.08 Å². The number of aromatic hydroxyl groups is 1. The number of hydrogen-bond donors (Lipinski definition) is 3. The van der Waals surface area contributed by atoms with Crippen LogP contribution in [-0.4, -0.2) is 21.3 Å². The summed E-state index contributed by atoms with van der Waals surface area (Å²) in [4.78, 5) is 10.8. The summed E-state index contributed by atoms with van der Waals surface area (Å²) in [5.41, 5.74) is 0.717. The van der Waals surface area contributed by atoms with Crippen molar-refractivity contribution >= 4 is 5.97 Å². The molecule has 1 aromatic rings. The second-order valence-corrected chi connectivity index (χ2v) is 3.11. The van der Waals surface area contributed by atoms with Gasteiger partial charge in [0.1, 0.15) is 11.3 Å². The van der Waals surface area contributed by atoms with E-state index >= 15 is 0 Å². The molecule has 0 spiro atoms. The van der Waals surface area contributed by atoms with Crippen molar-refractivity contribution in [3.8, 4) is 5.75 Å². The number of phenols is 1. The molecule has 1 rings (SSSR count). The zero-order chi connectivity index (χ0) is 11.4. The number of carboxylic acids is 1. The predicted octanol–water partition coefficient (Wildman–Crippen LogP) is 1.31. The van der Waals surface area contributed by atoms with Gasteiger partial charge in [0.05, 0.1) is 6.61 Å². The number of carbonyl (C=O) groups is 1. The molecule has 0 amide bonds. The van der Waals surface area contributed by atoms with Crippen LogP contribution in [0.25, 0.3) is 0 Å². The van der Waals surface area contributed by atoms with Crippen LogP contribution in [0.1, 0.15) is 21.5 Å². The molecule has 80 valence electrons. The smallest absolute Gasteiger partial charge is 0.339 e. The SMILES string of the molecule is C=CCc1cc(CO)c(O)c(C(=O)O)c1. The van der Waals surface area contributed by atoms with E-state index in [2.05, 4.69) is 6.58 Å². The Bertz CT molecular complexity index is 396.